The van der Waals surface area contributed by atoms with E-state index in [2.05, 4.69) is 26.2 Å². The quantitative estimate of drug-likeness (QED) is 0.905. The number of aryl methyl sites for hydroxylation is 1. The molecule has 0 aliphatic carbocycles. The van der Waals surface area contributed by atoms with Gasteiger partial charge in [-0.3, -0.25) is 0 Å². The summed E-state index contributed by atoms with van der Waals surface area (Å²) in [6.07, 6.45) is 0. The first-order valence-corrected chi connectivity index (χ1v) is 6.55. The first-order chi connectivity index (χ1) is 9.08. The first-order valence-electron chi connectivity index (χ1n) is 5.76. The highest BCUT2D eigenvalue weighted by Crippen LogP contribution is 2.25. The molecule has 0 unspecified atom stereocenters. The maximum absolute atomic E-state index is 10.8. The zero-order chi connectivity index (χ0) is 13.8. The van der Waals surface area contributed by atoms with Crippen molar-refractivity contribution in [1.82, 2.24) is 4.98 Å². The van der Waals surface area contributed by atoms with Gasteiger partial charge in [0.15, 0.2) is 0 Å². The second kappa shape index (κ2) is 5.84. The summed E-state index contributed by atoms with van der Waals surface area (Å²) in [6.45, 7) is 2.49. The van der Waals surface area contributed by atoms with Gasteiger partial charge in [0.05, 0.1) is 12.2 Å². The molecule has 0 fully saturated rings. The third-order valence-electron chi connectivity index (χ3n) is 2.68. The number of nitrogens with zero attached hydrogens (tertiary/aromatic N) is 1. The molecule has 98 valence electrons. The van der Waals surface area contributed by atoms with E-state index in [1.807, 2.05) is 25.1 Å². The van der Waals surface area contributed by atoms with E-state index < -0.39 is 5.97 Å². The number of benzene rings is 1. The lowest BCUT2D eigenvalue weighted by Crippen LogP contribution is -2.06. The minimum absolute atomic E-state index is 0.0580. The Balaban J connectivity index is 2.12. The Morgan fingerprint density at radius 1 is 1.32 bits per heavy atom. The summed E-state index contributed by atoms with van der Waals surface area (Å²) in [6, 6.07) is 10.9. The highest BCUT2D eigenvalue weighted by Gasteiger charge is 2.06. The van der Waals surface area contributed by atoms with Gasteiger partial charge in [0.2, 0.25) is 0 Å². The topological polar surface area (TPSA) is 62.2 Å². The smallest absolute Gasteiger partial charge is 0.354 e. The van der Waals surface area contributed by atoms with Crippen molar-refractivity contribution in [2.24, 2.45) is 0 Å². The summed E-state index contributed by atoms with van der Waals surface area (Å²) in [5.74, 6) is -1.02. The van der Waals surface area contributed by atoms with Crippen LogP contribution in [0.25, 0.3) is 0 Å². The van der Waals surface area contributed by atoms with Crippen LogP contribution in [0.1, 0.15) is 21.7 Å². The number of carbonyl (C=O) groups is 1. The fourth-order valence-electron chi connectivity index (χ4n) is 1.67. The standard InChI is InChI=1S/C14H13BrN2O2/c1-9-4-2-6-11(13(9)15)16-8-10-5-3-7-12(17-10)14(18)19/h2-7,16H,8H2,1H3,(H,18,19). The molecule has 19 heavy (non-hydrogen) atoms. The average molecular weight is 321 g/mol. The second-order valence-corrected chi connectivity index (χ2v) is 4.90. The van der Waals surface area contributed by atoms with Crippen LogP contribution in [0.15, 0.2) is 40.9 Å². The molecule has 0 bridgehead atoms. The minimum Gasteiger partial charge on any atom is -0.477 e. The van der Waals surface area contributed by atoms with Crippen LogP contribution in [-0.4, -0.2) is 16.1 Å². The normalized spacial score (nSPS) is 10.2. The van der Waals surface area contributed by atoms with Crippen molar-refractivity contribution < 1.29 is 9.90 Å². The Kier molecular flexibility index (Phi) is 4.16. The number of nitrogens with one attached hydrogen (secondary N) is 1. The molecule has 0 aliphatic rings. The monoisotopic (exact) mass is 320 g/mol. The van der Waals surface area contributed by atoms with Crippen molar-refractivity contribution in [1.29, 1.82) is 0 Å². The molecule has 2 aromatic rings. The van der Waals surface area contributed by atoms with E-state index in [0.29, 0.717) is 12.2 Å². The molecule has 0 amide bonds. The molecule has 0 spiro atoms. The summed E-state index contributed by atoms with van der Waals surface area (Å²) in [7, 11) is 0. The minimum atomic E-state index is -1.02. The maximum atomic E-state index is 10.8. The van der Waals surface area contributed by atoms with Crippen LogP contribution in [0.3, 0.4) is 0 Å². The molecule has 1 aromatic carbocycles. The lowest BCUT2D eigenvalue weighted by atomic mass is 10.2. The molecule has 0 saturated heterocycles. The number of carboxylic acid groups (broad SMARTS) is 1. The van der Waals surface area contributed by atoms with Gasteiger partial charge in [-0.05, 0) is 46.6 Å². The van der Waals surface area contributed by atoms with Crippen molar-refractivity contribution >= 4 is 27.6 Å². The fourth-order valence-corrected chi connectivity index (χ4v) is 2.07. The molecule has 0 aliphatic heterocycles. The molecule has 1 heterocycles. The van der Waals surface area contributed by atoms with Gasteiger partial charge in [-0.1, -0.05) is 18.2 Å². The van der Waals surface area contributed by atoms with Gasteiger partial charge in [-0.2, -0.15) is 0 Å². The number of halogens is 1. The van der Waals surface area contributed by atoms with Crippen molar-refractivity contribution in [2.75, 3.05) is 5.32 Å². The Hall–Kier alpha value is -1.88. The van der Waals surface area contributed by atoms with E-state index in [0.717, 1.165) is 15.7 Å². The summed E-state index contributed by atoms with van der Waals surface area (Å²) >= 11 is 3.51. The summed E-state index contributed by atoms with van der Waals surface area (Å²) in [4.78, 5) is 14.9. The Bertz CT molecular complexity index is 614. The highest BCUT2D eigenvalue weighted by atomic mass is 79.9. The predicted molar refractivity (Wildman–Crippen MR) is 77.4 cm³/mol. The molecular formula is C14H13BrN2O2. The second-order valence-electron chi connectivity index (χ2n) is 4.11. The molecular weight excluding hydrogens is 308 g/mol. The molecule has 4 nitrogen and oxygen atoms in total. The van der Waals surface area contributed by atoms with Gasteiger partial charge < -0.3 is 10.4 Å². The SMILES string of the molecule is Cc1cccc(NCc2cccc(C(=O)O)n2)c1Br. The molecule has 2 rings (SSSR count). The zero-order valence-electron chi connectivity index (χ0n) is 10.4. The number of carboxylic acids is 1. The maximum Gasteiger partial charge on any atom is 0.354 e. The Morgan fingerprint density at radius 3 is 2.79 bits per heavy atom. The van der Waals surface area contributed by atoms with E-state index in [9.17, 15) is 4.79 Å². The molecule has 0 atom stereocenters. The number of aromatic carboxylic acids is 1. The van der Waals surface area contributed by atoms with Crippen LogP contribution in [0.4, 0.5) is 5.69 Å². The Labute approximate surface area is 119 Å². The third-order valence-corrected chi connectivity index (χ3v) is 3.73. The fraction of sp³-hybridized carbons (Fsp3) is 0.143. The number of hydrogen-bond acceptors (Lipinski definition) is 3. The number of hydrogen-bond donors (Lipinski definition) is 2. The molecule has 2 N–H and O–H groups in total. The van der Waals surface area contributed by atoms with Gasteiger partial charge in [0, 0.05) is 10.2 Å². The third kappa shape index (κ3) is 3.32. The zero-order valence-corrected chi connectivity index (χ0v) is 11.9. The van der Waals surface area contributed by atoms with E-state index in [4.69, 9.17) is 5.11 Å². The van der Waals surface area contributed by atoms with Gasteiger partial charge in [0.1, 0.15) is 5.69 Å². The van der Waals surface area contributed by atoms with E-state index in [-0.39, 0.29) is 5.69 Å². The van der Waals surface area contributed by atoms with E-state index in [1.165, 1.54) is 6.07 Å². The van der Waals surface area contributed by atoms with E-state index in [1.54, 1.807) is 12.1 Å². The van der Waals surface area contributed by atoms with Gasteiger partial charge >= 0.3 is 5.97 Å². The summed E-state index contributed by atoms with van der Waals surface area (Å²) < 4.78 is 1.00. The van der Waals surface area contributed by atoms with Crippen LogP contribution in [0, 0.1) is 6.92 Å². The van der Waals surface area contributed by atoms with Crippen molar-refractivity contribution in [3.05, 3.63) is 57.8 Å². The van der Waals surface area contributed by atoms with Crippen molar-refractivity contribution in [3.63, 3.8) is 0 Å². The number of aromatic nitrogens is 1. The van der Waals surface area contributed by atoms with Crippen LogP contribution in [0.5, 0.6) is 0 Å². The van der Waals surface area contributed by atoms with Crippen molar-refractivity contribution in [3.8, 4) is 0 Å². The average Bonchev–Trinajstić information content (AvgIpc) is 2.41. The van der Waals surface area contributed by atoms with Gasteiger partial charge in [-0.25, -0.2) is 9.78 Å². The van der Waals surface area contributed by atoms with Crippen LogP contribution >= 0.6 is 15.9 Å². The van der Waals surface area contributed by atoms with E-state index >= 15 is 0 Å². The predicted octanol–water partition coefficient (Wildman–Crippen LogP) is 3.46. The number of pyridine rings is 1. The lowest BCUT2D eigenvalue weighted by molar-refractivity contribution is 0.0690. The molecule has 0 saturated carbocycles. The van der Waals surface area contributed by atoms with Gasteiger partial charge in [0.25, 0.3) is 0 Å². The molecule has 1 aromatic heterocycles. The van der Waals surface area contributed by atoms with Crippen molar-refractivity contribution in [2.45, 2.75) is 13.5 Å². The highest BCUT2D eigenvalue weighted by molar-refractivity contribution is 9.10. The summed E-state index contributed by atoms with van der Waals surface area (Å²) in [5.41, 5.74) is 2.84. The van der Waals surface area contributed by atoms with Gasteiger partial charge in [-0.15, -0.1) is 0 Å². The number of rotatable bonds is 4. The number of anilines is 1. The molecule has 5 heteroatoms. The summed E-state index contributed by atoms with van der Waals surface area (Å²) in [5, 5.41) is 12.1. The lowest BCUT2D eigenvalue weighted by Gasteiger charge is -2.10. The van der Waals surface area contributed by atoms with Crippen LogP contribution in [0.2, 0.25) is 0 Å². The largest absolute Gasteiger partial charge is 0.477 e. The van der Waals surface area contributed by atoms with Crippen LogP contribution in [-0.2, 0) is 6.54 Å². The molecule has 0 radical (unpaired) electrons. The van der Waals surface area contributed by atoms with Crippen LogP contribution < -0.4 is 5.32 Å². The Morgan fingerprint density at radius 2 is 2.05 bits per heavy atom. The first kappa shape index (κ1) is 13.5.